The fourth-order valence-electron chi connectivity index (χ4n) is 1.69. The van der Waals surface area contributed by atoms with Crippen LogP contribution >= 0.6 is 0 Å². The lowest BCUT2D eigenvalue weighted by Gasteiger charge is -2.06. The fraction of sp³-hybridized carbons (Fsp3) is 0.429. The molecule has 19 heavy (non-hydrogen) atoms. The molecule has 1 amide bonds. The molecule has 0 aromatic heterocycles. The average molecular weight is 265 g/mol. The Morgan fingerprint density at radius 2 is 1.79 bits per heavy atom. The zero-order valence-corrected chi connectivity index (χ0v) is 10.8. The lowest BCUT2D eigenvalue weighted by Crippen LogP contribution is -2.22. The van der Waals surface area contributed by atoms with E-state index in [9.17, 15) is 9.59 Å². The molecule has 104 valence electrons. The van der Waals surface area contributed by atoms with Crippen LogP contribution in [0.4, 0.5) is 0 Å². The highest BCUT2D eigenvalue weighted by Gasteiger charge is 2.03. The molecule has 0 fully saturated rings. The first-order valence-corrected chi connectivity index (χ1v) is 6.29. The Balaban J connectivity index is 2.24. The molecule has 5 nitrogen and oxygen atoms in total. The van der Waals surface area contributed by atoms with Gasteiger partial charge < -0.3 is 15.5 Å². The maximum atomic E-state index is 11.5. The summed E-state index contributed by atoms with van der Waals surface area (Å²) in [5.41, 5.74) is 1.75. The second kappa shape index (κ2) is 8.26. The van der Waals surface area contributed by atoms with Crippen LogP contribution in [0.1, 0.15) is 36.8 Å². The molecule has 0 saturated heterocycles. The SMILES string of the molecule is O=C(O)CCCCC(=O)NCc1cccc(CO)c1. The summed E-state index contributed by atoms with van der Waals surface area (Å²) >= 11 is 0. The highest BCUT2D eigenvalue weighted by Crippen LogP contribution is 2.05. The van der Waals surface area contributed by atoms with E-state index in [1.165, 1.54) is 0 Å². The number of aliphatic carboxylic acids is 1. The van der Waals surface area contributed by atoms with E-state index in [0.717, 1.165) is 11.1 Å². The summed E-state index contributed by atoms with van der Waals surface area (Å²) in [6, 6.07) is 7.37. The minimum absolute atomic E-state index is 0.0169. The van der Waals surface area contributed by atoms with E-state index >= 15 is 0 Å². The molecule has 0 spiro atoms. The van der Waals surface area contributed by atoms with Gasteiger partial charge in [-0.05, 0) is 24.0 Å². The third-order valence-electron chi connectivity index (χ3n) is 2.71. The van der Waals surface area contributed by atoms with Crippen molar-refractivity contribution in [2.75, 3.05) is 0 Å². The zero-order chi connectivity index (χ0) is 14.1. The third-order valence-corrected chi connectivity index (χ3v) is 2.71. The first kappa shape index (κ1) is 15.2. The summed E-state index contributed by atoms with van der Waals surface area (Å²) in [6.07, 6.45) is 1.54. The van der Waals surface area contributed by atoms with Crippen molar-refractivity contribution in [2.45, 2.75) is 38.8 Å². The number of rotatable bonds is 8. The number of benzene rings is 1. The lowest BCUT2D eigenvalue weighted by molar-refractivity contribution is -0.137. The van der Waals surface area contributed by atoms with Crippen molar-refractivity contribution < 1.29 is 19.8 Å². The van der Waals surface area contributed by atoms with Crippen molar-refractivity contribution in [1.82, 2.24) is 5.32 Å². The molecular weight excluding hydrogens is 246 g/mol. The standard InChI is InChI=1S/C14H19NO4/c16-10-12-5-3-4-11(8-12)9-15-13(17)6-1-2-7-14(18)19/h3-5,8,16H,1-2,6-7,9-10H2,(H,15,17)(H,18,19). The van der Waals surface area contributed by atoms with Gasteiger partial charge in [0, 0.05) is 19.4 Å². The van der Waals surface area contributed by atoms with E-state index in [1.54, 1.807) is 0 Å². The number of carbonyl (C=O) groups excluding carboxylic acids is 1. The Labute approximate surface area is 112 Å². The molecular formula is C14H19NO4. The summed E-state index contributed by atoms with van der Waals surface area (Å²) in [4.78, 5) is 21.8. The molecule has 0 aliphatic rings. The topological polar surface area (TPSA) is 86.6 Å². The van der Waals surface area contributed by atoms with Gasteiger partial charge in [-0.3, -0.25) is 9.59 Å². The highest BCUT2D eigenvalue weighted by molar-refractivity contribution is 5.75. The van der Waals surface area contributed by atoms with E-state index in [4.69, 9.17) is 10.2 Å². The maximum Gasteiger partial charge on any atom is 0.303 e. The van der Waals surface area contributed by atoms with Crippen LogP contribution in [-0.4, -0.2) is 22.1 Å². The van der Waals surface area contributed by atoms with E-state index < -0.39 is 5.97 Å². The van der Waals surface area contributed by atoms with Gasteiger partial charge in [0.15, 0.2) is 0 Å². The summed E-state index contributed by atoms with van der Waals surface area (Å²) < 4.78 is 0. The van der Waals surface area contributed by atoms with Gasteiger partial charge in [0.1, 0.15) is 0 Å². The molecule has 0 heterocycles. The van der Waals surface area contributed by atoms with Crippen molar-refractivity contribution in [3.8, 4) is 0 Å². The Morgan fingerprint density at radius 3 is 2.47 bits per heavy atom. The quantitative estimate of drug-likeness (QED) is 0.621. The molecule has 0 radical (unpaired) electrons. The zero-order valence-electron chi connectivity index (χ0n) is 10.8. The molecule has 0 saturated carbocycles. The minimum atomic E-state index is -0.832. The largest absolute Gasteiger partial charge is 0.481 e. The van der Waals surface area contributed by atoms with Gasteiger partial charge in [0.2, 0.25) is 5.91 Å². The molecule has 0 aliphatic carbocycles. The van der Waals surface area contributed by atoms with Gasteiger partial charge in [-0.2, -0.15) is 0 Å². The molecule has 0 bridgehead atoms. The van der Waals surface area contributed by atoms with Crippen molar-refractivity contribution in [3.63, 3.8) is 0 Å². The fourth-order valence-corrected chi connectivity index (χ4v) is 1.69. The van der Waals surface area contributed by atoms with Gasteiger partial charge in [-0.1, -0.05) is 24.3 Å². The highest BCUT2D eigenvalue weighted by atomic mass is 16.4. The first-order valence-electron chi connectivity index (χ1n) is 6.29. The van der Waals surface area contributed by atoms with Crippen LogP contribution in [0.2, 0.25) is 0 Å². The summed E-state index contributed by atoms with van der Waals surface area (Å²) in [5, 5.41) is 20.2. The van der Waals surface area contributed by atoms with Crippen LogP contribution in [0.3, 0.4) is 0 Å². The summed E-state index contributed by atoms with van der Waals surface area (Å²) in [6.45, 7) is 0.405. The number of carbonyl (C=O) groups is 2. The van der Waals surface area contributed by atoms with Crippen molar-refractivity contribution in [2.24, 2.45) is 0 Å². The molecule has 0 atom stereocenters. The number of aliphatic hydroxyl groups is 1. The number of hydrogen-bond donors (Lipinski definition) is 3. The Hall–Kier alpha value is -1.88. The normalized spacial score (nSPS) is 10.2. The monoisotopic (exact) mass is 265 g/mol. The van der Waals surface area contributed by atoms with Crippen molar-refractivity contribution >= 4 is 11.9 Å². The third kappa shape index (κ3) is 6.57. The molecule has 1 rings (SSSR count). The van der Waals surface area contributed by atoms with E-state index in [-0.39, 0.29) is 18.9 Å². The average Bonchev–Trinajstić information content (AvgIpc) is 2.41. The van der Waals surface area contributed by atoms with E-state index in [2.05, 4.69) is 5.32 Å². The maximum absolute atomic E-state index is 11.5. The summed E-state index contributed by atoms with van der Waals surface area (Å²) in [5.74, 6) is -0.916. The van der Waals surface area contributed by atoms with Crippen LogP contribution in [0.25, 0.3) is 0 Å². The van der Waals surface area contributed by atoms with Gasteiger partial charge in [0.05, 0.1) is 6.61 Å². The lowest BCUT2D eigenvalue weighted by atomic mass is 10.1. The van der Waals surface area contributed by atoms with Gasteiger partial charge in [0.25, 0.3) is 0 Å². The number of aliphatic hydroxyl groups excluding tert-OH is 1. The van der Waals surface area contributed by atoms with Crippen LogP contribution in [0, 0.1) is 0 Å². The van der Waals surface area contributed by atoms with Crippen LogP contribution in [0.5, 0.6) is 0 Å². The number of hydrogen-bond acceptors (Lipinski definition) is 3. The summed E-state index contributed by atoms with van der Waals surface area (Å²) in [7, 11) is 0. The first-order chi connectivity index (χ1) is 9.11. The Morgan fingerprint density at radius 1 is 1.11 bits per heavy atom. The van der Waals surface area contributed by atoms with Gasteiger partial charge in [-0.25, -0.2) is 0 Å². The number of nitrogens with one attached hydrogen (secondary N) is 1. The number of carboxylic acid groups (broad SMARTS) is 1. The van der Waals surface area contributed by atoms with E-state index in [0.29, 0.717) is 25.8 Å². The molecule has 0 aliphatic heterocycles. The van der Waals surface area contributed by atoms with Crippen LogP contribution in [0.15, 0.2) is 24.3 Å². The van der Waals surface area contributed by atoms with Gasteiger partial charge in [-0.15, -0.1) is 0 Å². The number of carboxylic acids is 1. The van der Waals surface area contributed by atoms with Crippen molar-refractivity contribution in [3.05, 3.63) is 35.4 Å². The predicted molar refractivity (Wildman–Crippen MR) is 70.3 cm³/mol. The molecule has 3 N–H and O–H groups in total. The Bertz CT molecular complexity index is 431. The molecule has 5 heteroatoms. The smallest absolute Gasteiger partial charge is 0.303 e. The minimum Gasteiger partial charge on any atom is -0.481 e. The van der Waals surface area contributed by atoms with E-state index in [1.807, 2.05) is 24.3 Å². The van der Waals surface area contributed by atoms with Crippen LogP contribution in [-0.2, 0) is 22.7 Å². The number of amides is 1. The predicted octanol–water partition coefficient (Wildman–Crippen LogP) is 1.44. The Kier molecular flexibility index (Phi) is 6.60. The molecule has 1 aromatic rings. The second-order valence-corrected chi connectivity index (χ2v) is 4.36. The second-order valence-electron chi connectivity index (χ2n) is 4.36. The molecule has 0 unspecified atom stereocenters. The van der Waals surface area contributed by atoms with Crippen LogP contribution < -0.4 is 5.32 Å². The van der Waals surface area contributed by atoms with Gasteiger partial charge >= 0.3 is 5.97 Å². The number of unbranched alkanes of at least 4 members (excludes halogenated alkanes) is 1. The molecule has 1 aromatic carbocycles. The van der Waals surface area contributed by atoms with Crippen molar-refractivity contribution in [1.29, 1.82) is 0 Å².